The summed E-state index contributed by atoms with van der Waals surface area (Å²) in [6, 6.07) is 26.5. The Morgan fingerprint density at radius 3 is 2.29 bits per heavy atom. The van der Waals surface area contributed by atoms with Crippen molar-refractivity contribution < 1.29 is 0 Å². The number of hydrogen-bond donors (Lipinski definition) is 2. The molecule has 4 heteroatoms. The number of benzene rings is 3. The van der Waals surface area contributed by atoms with Crippen LogP contribution < -0.4 is 5.43 Å². The molecule has 0 amide bonds. The van der Waals surface area contributed by atoms with Crippen LogP contribution >= 0.6 is 0 Å². The fraction of sp³-hybridized carbons (Fsp3) is 0. The molecule has 0 unspecified atom stereocenters. The summed E-state index contributed by atoms with van der Waals surface area (Å²) in [6.45, 7) is 0. The molecule has 0 radical (unpaired) electrons. The Bertz CT molecular complexity index is 936. The lowest BCUT2D eigenvalue weighted by atomic mass is 10.0. The third-order valence-electron chi connectivity index (χ3n) is 3.79. The molecule has 0 fully saturated rings. The van der Waals surface area contributed by atoms with Crippen LogP contribution in [-0.2, 0) is 0 Å². The van der Waals surface area contributed by atoms with E-state index in [-0.39, 0.29) is 0 Å². The van der Waals surface area contributed by atoms with E-state index in [0.717, 1.165) is 16.6 Å². The van der Waals surface area contributed by atoms with Crippen molar-refractivity contribution in [2.45, 2.75) is 0 Å². The van der Waals surface area contributed by atoms with Gasteiger partial charge < -0.3 is 4.98 Å². The highest BCUT2D eigenvalue weighted by Crippen LogP contribution is 2.18. The van der Waals surface area contributed by atoms with Crippen molar-refractivity contribution in [2.24, 2.45) is 5.10 Å². The lowest BCUT2D eigenvalue weighted by molar-refractivity contribution is 1.21. The molecule has 0 spiro atoms. The van der Waals surface area contributed by atoms with Gasteiger partial charge in [-0.2, -0.15) is 5.10 Å². The first-order valence-corrected chi connectivity index (χ1v) is 7.78. The van der Waals surface area contributed by atoms with Crippen molar-refractivity contribution in [2.75, 3.05) is 5.43 Å². The van der Waals surface area contributed by atoms with E-state index < -0.39 is 0 Å². The summed E-state index contributed by atoms with van der Waals surface area (Å²) in [5.41, 5.74) is 8.27. The molecule has 0 aliphatic rings. The van der Waals surface area contributed by atoms with Crippen molar-refractivity contribution in [1.29, 1.82) is 0 Å². The fourth-order valence-corrected chi connectivity index (χ4v) is 2.57. The van der Waals surface area contributed by atoms with Crippen molar-refractivity contribution in [3.05, 3.63) is 84.4 Å². The highest BCUT2D eigenvalue weighted by atomic mass is 15.3. The smallest absolute Gasteiger partial charge is 0.222 e. The van der Waals surface area contributed by atoms with Crippen molar-refractivity contribution in [3.63, 3.8) is 0 Å². The number of rotatable bonds is 4. The fourth-order valence-electron chi connectivity index (χ4n) is 2.57. The number of nitrogens with zero attached hydrogens (tertiary/aromatic N) is 2. The molecule has 4 rings (SSSR count). The lowest BCUT2D eigenvalue weighted by Gasteiger charge is -2.01. The molecule has 0 saturated carbocycles. The normalized spacial score (nSPS) is 11.2. The Hall–Kier alpha value is -3.40. The van der Waals surface area contributed by atoms with Crippen LogP contribution in [0.2, 0.25) is 0 Å². The van der Waals surface area contributed by atoms with Crippen LogP contribution in [0.3, 0.4) is 0 Å². The quantitative estimate of drug-likeness (QED) is 0.425. The number of H-pyrrole nitrogens is 1. The predicted octanol–water partition coefficient (Wildman–Crippen LogP) is 4.68. The average Bonchev–Trinajstić information content (AvgIpc) is 3.06. The van der Waals surface area contributed by atoms with E-state index in [0.29, 0.717) is 5.95 Å². The molecule has 0 bridgehead atoms. The molecule has 1 heterocycles. The van der Waals surface area contributed by atoms with E-state index in [1.54, 1.807) is 6.21 Å². The van der Waals surface area contributed by atoms with Gasteiger partial charge in [0.25, 0.3) is 0 Å². The van der Waals surface area contributed by atoms with Gasteiger partial charge in [0.2, 0.25) is 5.95 Å². The van der Waals surface area contributed by atoms with Gasteiger partial charge in [0.1, 0.15) is 0 Å². The third kappa shape index (κ3) is 3.03. The van der Waals surface area contributed by atoms with Crippen LogP contribution in [0.1, 0.15) is 5.56 Å². The average molecular weight is 312 g/mol. The summed E-state index contributed by atoms with van der Waals surface area (Å²) in [4.78, 5) is 7.59. The number of aromatic nitrogens is 2. The molecule has 1 aromatic heterocycles. The molecule has 0 aliphatic heterocycles. The van der Waals surface area contributed by atoms with Crippen LogP contribution in [0.4, 0.5) is 5.95 Å². The number of para-hydroxylation sites is 2. The lowest BCUT2D eigenvalue weighted by Crippen LogP contribution is -1.92. The first-order chi connectivity index (χ1) is 11.9. The highest BCUT2D eigenvalue weighted by Gasteiger charge is 1.99. The Morgan fingerprint density at radius 1 is 0.792 bits per heavy atom. The molecule has 0 saturated heterocycles. The van der Waals surface area contributed by atoms with Gasteiger partial charge in [-0.05, 0) is 28.8 Å². The molecular formula is C20H16N4. The molecular weight excluding hydrogens is 296 g/mol. The van der Waals surface area contributed by atoms with E-state index >= 15 is 0 Å². The summed E-state index contributed by atoms with van der Waals surface area (Å²) in [5, 5.41) is 4.24. The number of anilines is 1. The van der Waals surface area contributed by atoms with E-state index in [4.69, 9.17) is 0 Å². The van der Waals surface area contributed by atoms with Crippen LogP contribution in [0.5, 0.6) is 0 Å². The van der Waals surface area contributed by atoms with Crippen LogP contribution in [-0.4, -0.2) is 16.2 Å². The standard InChI is InChI=1S/C20H16N4/c1-2-6-16(7-3-1)17-12-10-15(11-13-17)14-21-24-20-22-18-8-4-5-9-19(18)23-20/h1-14H,(H2,22,23,24). The van der Waals surface area contributed by atoms with Gasteiger partial charge >= 0.3 is 0 Å². The van der Waals surface area contributed by atoms with E-state index in [1.807, 2.05) is 54.6 Å². The summed E-state index contributed by atoms with van der Waals surface area (Å²) in [6.07, 6.45) is 1.78. The number of fused-ring (bicyclic) bond motifs is 1. The van der Waals surface area contributed by atoms with Gasteiger partial charge in [-0.3, -0.25) is 0 Å². The Morgan fingerprint density at radius 2 is 1.50 bits per heavy atom. The van der Waals surface area contributed by atoms with Gasteiger partial charge in [-0.1, -0.05) is 66.7 Å². The Balaban J connectivity index is 1.46. The largest absolute Gasteiger partial charge is 0.323 e. The Kier molecular flexibility index (Phi) is 3.78. The topological polar surface area (TPSA) is 53.1 Å². The van der Waals surface area contributed by atoms with Gasteiger partial charge in [0, 0.05) is 0 Å². The molecule has 0 aliphatic carbocycles. The molecule has 0 atom stereocenters. The maximum absolute atomic E-state index is 4.42. The number of hydrazone groups is 1. The first kappa shape index (κ1) is 14.2. The van der Waals surface area contributed by atoms with Crippen molar-refractivity contribution >= 4 is 23.2 Å². The van der Waals surface area contributed by atoms with Crippen molar-refractivity contribution in [3.8, 4) is 11.1 Å². The minimum absolute atomic E-state index is 0.633. The summed E-state index contributed by atoms with van der Waals surface area (Å²) >= 11 is 0. The maximum Gasteiger partial charge on any atom is 0.222 e. The van der Waals surface area contributed by atoms with Gasteiger partial charge in [0.15, 0.2) is 0 Å². The zero-order valence-corrected chi connectivity index (χ0v) is 13.0. The van der Waals surface area contributed by atoms with Gasteiger partial charge in [-0.15, -0.1) is 0 Å². The SMILES string of the molecule is C(=NNc1nc2ccccc2[nH]1)c1ccc(-c2ccccc2)cc1. The van der Waals surface area contributed by atoms with Gasteiger partial charge in [-0.25, -0.2) is 10.4 Å². The Labute approximate surface area is 139 Å². The molecule has 24 heavy (non-hydrogen) atoms. The predicted molar refractivity (Wildman–Crippen MR) is 99.2 cm³/mol. The van der Waals surface area contributed by atoms with Crippen LogP contribution in [0, 0.1) is 0 Å². The molecule has 4 nitrogen and oxygen atoms in total. The zero-order valence-electron chi connectivity index (χ0n) is 13.0. The van der Waals surface area contributed by atoms with E-state index in [2.05, 4.69) is 44.8 Å². The highest BCUT2D eigenvalue weighted by molar-refractivity contribution is 5.82. The number of hydrogen-bond acceptors (Lipinski definition) is 3. The number of aromatic amines is 1. The summed E-state index contributed by atoms with van der Waals surface area (Å²) in [7, 11) is 0. The molecule has 116 valence electrons. The minimum Gasteiger partial charge on any atom is -0.323 e. The first-order valence-electron chi connectivity index (χ1n) is 7.78. The number of nitrogens with one attached hydrogen (secondary N) is 2. The second kappa shape index (κ2) is 6.38. The second-order valence-corrected chi connectivity index (χ2v) is 5.46. The van der Waals surface area contributed by atoms with Crippen LogP contribution in [0.15, 0.2) is 84.0 Å². The molecule has 4 aromatic rings. The number of imidazole rings is 1. The molecule has 2 N–H and O–H groups in total. The third-order valence-corrected chi connectivity index (χ3v) is 3.79. The van der Waals surface area contributed by atoms with Gasteiger partial charge in [0.05, 0.1) is 17.2 Å². The van der Waals surface area contributed by atoms with Crippen LogP contribution in [0.25, 0.3) is 22.2 Å². The van der Waals surface area contributed by atoms with E-state index in [9.17, 15) is 0 Å². The second-order valence-electron chi connectivity index (χ2n) is 5.46. The minimum atomic E-state index is 0.633. The summed E-state index contributed by atoms with van der Waals surface area (Å²) in [5.74, 6) is 0.633. The van der Waals surface area contributed by atoms with Crippen molar-refractivity contribution in [1.82, 2.24) is 9.97 Å². The monoisotopic (exact) mass is 312 g/mol. The molecule has 3 aromatic carbocycles. The zero-order chi connectivity index (χ0) is 16.2. The maximum atomic E-state index is 4.42. The summed E-state index contributed by atoms with van der Waals surface area (Å²) < 4.78 is 0. The van der Waals surface area contributed by atoms with E-state index in [1.165, 1.54) is 11.1 Å².